The predicted octanol–water partition coefficient (Wildman–Crippen LogP) is 2.84. The number of carbonyl (C=O) groups excluding carboxylic acids is 1. The van der Waals surface area contributed by atoms with E-state index < -0.39 is 11.9 Å². The molecule has 0 spiro atoms. The highest BCUT2D eigenvalue weighted by Gasteiger charge is 2.22. The third-order valence-corrected chi connectivity index (χ3v) is 6.01. The number of carboxylic acid groups (broad SMARTS) is 2. The van der Waals surface area contributed by atoms with Crippen LogP contribution in [0.4, 0.5) is 4.79 Å². The number of likely N-dealkylation sites (N-methyl/N-ethyl adjacent to an activating group) is 1. The molecule has 0 aromatic heterocycles. The van der Waals surface area contributed by atoms with Crippen LogP contribution in [0.5, 0.6) is 0 Å². The fourth-order valence-electron chi connectivity index (χ4n) is 3.05. The lowest BCUT2D eigenvalue weighted by atomic mass is 10.2. The monoisotopic (exact) mass is 439 g/mol. The first-order chi connectivity index (χ1) is 14.4. The van der Waals surface area contributed by atoms with E-state index in [1.807, 2.05) is 22.7 Å². The van der Waals surface area contributed by atoms with E-state index in [1.165, 1.54) is 17.7 Å². The summed E-state index contributed by atoms with van der Waals surface area (Å²) in [6.07, 6.45) is 3.49. The van der Waals surface area contributed by atoms with Crippen LogP contribution in [0, 0.1) is 0 Å². The summed E-state index contributed by atoms with van der Waals surface area (Å²) >= 11 is 1.91. The van der Waals surface area contributed by atoms with Crippen molar-refractivity contribution in [1.29, 1.82) is 0 Å². The summed E-state index contributed by atoms with van der Waals surface area (Å²) in [5.41, 5.74) is 0. The first kappa shape index (κ1) is 25.8. The largest absolute Gasteiger partial charge is 0.473 e. The molecule has 1 saturated heterocycles. The van der Waals surface area contributed by atoms with Crippen LogP contribution in [0.3, 0.4) is 0 Å². The van der Waals surface area contributed by atoms with Crippen molar-refractivity contribution < 1.29 is 24.6 Å². The minimum atomic E-state index is -1.82. The number of likely N-dealkylation sites (tertiary alicyclic amines) is 1. The number of amides is 2. The second-order valence-electron chi connectivity index (χ2n) is 6.86. The summed E-state index contributed by atoms with van der Waals surface area (Å²) in [4.78, 5) is 36.3. The van der Waals surface area contributed by atoms with E-state index in [9.17, 15) is 4.79 Å². The zero-order valence-electron chi connectivity index (χ0n) is 17.7. The molecule has 1 aromatic rings. The number of aliphatic carboxylic acids is 2. The van der Waals surface area contributed by atoms with Crippen molar-refractivity contribution in [2.75, 3.05) is 39.3 Å². The Balaban J connectivity index is 0.000000656. The lowest BCUT2D eigenvalue weighted by Crippen LogP contribution is -2.45. The molecule has 2 amide bonds. The van der Waals surface area contributed by atoms with Gasteiger partial charge in [0.15, 0.2) is 0 Å². The molecular weight excluding hydrogens is 406 g/mol. The van der Waals surface area contributed by atoms with Gasteiger partial charge in [-0.1, -0.05) is 38.5 Å². The molecule has 1 heterocycles. The molecule has 1 aliphatic heterocycles. The van der Waals surface area contributed by atoms with Crippen molar-refractivity contribution in [2.45, 2.75) is 43.3 Å². The van der Waals surface area contributed by atoms with Crippen LogP contribution in [0.25, 0.3) is 0 Å². The van der Waals surface area contributed by atoms with Gasteiger partial charge in [-0.15, -0.1) is 11.8 Å². The number of thioether (sulfide) groups is 1. The highest BCUT2D eigenvalue weighted by molar-refractivity contribution is 8.00. The molecule has 2 rings (SSSR count). The molecule has 1 aromatic carbocycles. The average Bonchev–Trinajstić information content (AvgIpc) is 2.98. The fourth-order valence-corrected chi connectivity index (χ4v) is 4.29. The van der Waals surface area contributed by atoms with Crippen LogP contribution in [-0.4, -0.2) is 82.5 Å². The second-order valence-corrected chi connectivity index (χ2v) is 8.24. The van der Waals surface area contributed by atoms with Crippen LogP contribution in [0.15, 0.2) is 35.2 Å². The highest BCUT2D eigenvalue weighted by atomic mass is 32.2. The van der Waals surface area contributed by atoms with Gasteiger partial charge in [0.05, 0.1) is 0 Å². The number of nitrogens with zero attached hydrogens (tertiary/aromatic N) is 2. The van der Waals surface area contributed by atoms with Crippen LogP contribution >= 0.6 is 11.8 Å². The fraction of sp³-hybridized carbons (Fsp3) is 0.571. The summed E-state index contributed by atoms with van der Waals surface area (Å²) in [7, 11) is 0. The Bertz CT molecular complexity index is 643. The van der Waals surface area contributed by atoms with Crippen LogP contribution < -0.4 is 5.32 Å². The SMILES string of the molecule is CCN(CC)CCNC(=O)N1CCCCC(Sc2ccccc2)C1.O=C(O)C(=O)O. The van der Waals surface area contributed by atoms with Gasteiger partial charge in [-0.25, -0.2) is 14.4 Å². The van der Waals surface area contributed by atoms with Crippen molar-refractivity contribution in [2.24, 2.45) is 0 Å². The summed E-state index contributed by atoms with van der Waals surface area (Å²) in [6.45, 7) is 9.76. The summed E-state index contributed by atoms with van der Waals surface area (Å²) in [6, 6.07) is 10.6. The Morgan fingerprint density at radius 1 is 1.10 bits per heavy atom. The van der Waals surface area contributed by atoms with Gasteiger partial charge >= 0.3 is 18.0 Å². The summed E-state index contributed by atoms with van der Waals surface area (Å²) in [5, 5.41) is 18.4. The maximum Gasteiger partial charge on any atom is 0.414 e. The van der Waals surface area contributed by atoms with Crippen molar-refractivity contribution in [3.8, 4) is 0 Å². The van der Waals surface area contributed by atoms with Crippen LogP contribution in [0.2, 0.25) is 0 Å². The average molecular weight is 440 g/mol. The van der Waals surface area contributed by atoms with Gasteiger partial charge in [-0.3, -0.25) is 0 Å². The zero-order chi connectivity index (χ0) is 22.4. The lowest BCUT2D eigenvalue weighted by molar-refractivity contribution is -0.159. The molecule has 3 N–H and O–H groups in total. The molecule has 0 aliphatic carbocycles. The highest BCUT2D eigenvalue weighted by Crippen LogP contribution is 2.29. The van der Waals surface area contributed by atoms with Gasteiger partial charge in [-0.05, 0) is 38.1 Å². The summed E-state index contributed by atoms with van der Waals surface area (Å²) < 4.78 is 0. The number of urea groups is 1. The van der Waals surface area contributed by atoms with E-state index in [0.717, 1.165) is 45.7 Å². The van der Waals surface area contributed by atoms with Crippen molar-refractivity contribution in [1.82, 2.24) is 15.1 Å². The van der Waals surface area contributed by atoms with Gasteiger partial charge in [0.2, 0.25) is 0 Å². The number of benzene rings is 1. The molecule has 0 bridgehead atoms. The van der Waals surface area contributed by atoms with E-state index in [0.29, 0.717) is 5.25 Å². The summed E-state index contributed by atoms with van der Waals surface area (Å²) in [5.74, 6) is -3.65. The van der Waals surface area contributed by atoms with Crippen LogP contribution in [0.1, 0.15) is 33.1 Å². The first-order valence-electron chi connectivity index (χ1n) is 10.3. The van der Waals surface area contributed by atoms with Crippen molar-refractivity contribution in [3.63, 3.8) is 0 Å². The topological polar surface area (TPSA) is 110 Å². The molecule has 1 atom stereocenters. The Morgan fingerprint density at radius 2 is 1.73 bits per heavy atom. The number of carboxylic acids is 2. The molecular formula is C21H33N3O5S. The number of nitrogens with one attached hydrogen (secondary N) is 1. The molecule has 1 unspecified atom stereocenters. The minimum Gasteiger partial charge on any atom is -0.473 e. The molecule has 30 heavy (non-hydrogen) atoms. The molecule has 1 aliphatic rings. The maximum absolute atomic E-state index is 12.5. The van der Waals surface area contributed by atoms with Gasteiger partial charge in [0, 0.05) is 36.3 Å². The van der Waals surface area contributed by atoms with E-state index in [1.54, 1.807) is 0 Å². The van der Waals surface area contributed by atoms with Gasteiger partial charge in [0.1, 0.15) is 0 Å². The third kappa shape index (κ3) is 10.5. The quantitative estimate of drug-likeness (QED) is 0.560. The van der Waals surface area contributed by atoms with E-state index in [4.69, 9.17) is 19.8 Å². The lowest BCUT2D eigenvalue weighted by Gasteiger charge is -2.25. The molecule has 8 nitrogen and oxygen atoms in total. The number of hydrogen-bond donors (Lipinski definition) is 3. The van der Waals surface area contributed by atoms with Crippen molar-refractivity contribution >= 4 is 29.7 Å². The zero-order valence-corrected chi connectivity index (χ0v) is 18.6. The normalized spacial score (nSPS) is 16.2. The third-order valence-electron chi connectivity index (χ3n) is 4.74. The predicted molar refractivity (Wildman–Crippen MR) is 118 cm³/mol. The molecule has 0 radical (unpaired) electrons. The van der Waals surface area contributed by atoms with E-state index >= 15 is 0 Å². The van der Waals surface area contributed by atoms with Gasteiger partial charge in [-0.2, -0.15) is 0 Å². The van der Waals surface area contributed by atoms with E-state index in [2.05, 4.69) is 48.3 Å². The smallest absolute Gasteiger partial charge is 0.414 e. The Labute approximate surface area is 182 Å². The maximum atomic E-state index is 12.5. The standard InChI is InChI=1S/C19H31N3OS.C2H2O4/c1-3-21(4-2)15-13-20-19(23)22-14-9-8-12-18(16-22)24-17-10-6-5-7-11-17;3-1(4)2(5)6/h5-7,10-11,18H,3-4,8-9,12-16H2,1-2H3,(H,20,23);(H,3,4)(H,5,6). The molecule has 9 heteroatoms. The Hall–Kier alpha value is -2.26. The van der Waals surface area contributed by atoms with Crippen molar-refractivity contribution in [3.05, 3.63) is 30.3 Å². The second kappa shape index (κ2) is 14.7. The molecule has 0 saturated carbocycles. The Morgan fingerprint density at radius 3 is 2.30 bits per heavy atom. The molecule has 1 fully saturated rings. The van der Waals surface area contributed by atoms with Gasteiger partial charge in [0.25, 0.3) is 0 Å². The van der Waals surface area contributed by atoms with Gasteiger partial charge < -0.3 is 25.3 Å². The van der Waals surface area contributed by atoms with E-state index in [-0.39, 0.29) is 6.03 Å². The number of rotatable bonds is 7. The number of hydrogen-bond acceptors (Lipinski definition) is 5. The first-order valence-corrected chi connectivity index (χ1v) is 11.2. The Kier molecular flexibility index (Phi) is 12.6. The molecule has 168 valence electrons. The minimum absolute atomic E-state index is 0.0997. The number of carbonyl (C=O) groups is 3. The van der Waals surface area contributed by atoms with Crippen LogP contribution in [-0.2, 0) is 9.59 Å².